The van der Waals surface area contributed by atoms with Gasteiger partial charge in [-0.05, 0) is 39.0 Å². The van der Waals surface area contributed by atoms with Gasteiger partial charge in [-0.3, -0.25) is 9.59 Å². The minimum Gasteiger partial charge on any atom is -0.465 e. The van der Waals surface area contributed by atoms with Gasteiger partial charge in [0.25, 0.3) is 0 Å². The molecule has 0 atom stereocenters. The third kappa shape index (κ3) is 4.47. The number of hydrogen-bond donors (Lipinski definition) is 0. The number of unbranched alkanes of at least 4 members (excludes halogenated alkanes) is 2. The molecular weight excluding hydrogens is 280 g/mol. The van der Waals surface area contributed by atoms with Crippen LogP contribution >= 0.6 is 0 Å². The van der Waals surface area contributed by atoms with Crippen molar-refractivity contribution >= 4 is 11.9 Å². The number of hydrogen-bond acceptors (Lipinski definition) is 4. The Labute approximate surface area is 134 Å². The molecule has 0 N–H and O–H groups in total. The molecule has 0 saturated heterocycles. The first-order chi connectivity index (χ1) is 10.6. The Hall–Kier alpha value is -1.06. The quantitative estimate of drug-likeness (QED) is 0.362. The van der Waals surface area contributed by atoms with Crippen LogP contribution in [-0.2, 0) is 19.1 Å². The summed E-state index contributed by atoms with van der Waals surface area (Å²) in [6.45, 7) is 6.32. The van der Waals surface area contributed by atoms with Gasteiger partial charge in [0.2, 0.25) is 0 Å². The standard InChI is InChI=1S/C18H32O4/c1-4-7-11-14-18(16(19)21-5-2,17(20)22-6-3)15-12-9-8-10-13-15/h15H,4-14H2,1-3H3. The van der Waals surface area contributed by atoms with Crippen molar-refractivity contribution in [2.75, 3.05) is 13.2 Å². The number of carbonyl (C=O) groups is 2. The van der Waals surface area contributed by atoms with E-state index in [0.29, 0.717) is 19.6 Å². The van der Waals surface area contributed by atoms with Crippen molar-refractivity contribution in [1.82, 2.24) is 0 Å². The van der Waals surface area contributed by atoms with Crippen molar-refractivity contribution in [2.45, 2.75) is 78.6 Å². The van der Waals surface area contributed by atoms with E-state index < -0.39 is 5.41 Å². The lowest BCUT2D eigenvalue weighted by atomic mass is 9.66. The zero-order chi connectivity index (χ0) is 16.4. The molecular formula is C18H32O4. The zero-order valence-corrected chi connectivity index (χ0v) is 14.5. The molecule has 0 aromatic rings. The molecule has 0 bridgehead atoms. The molecule has 128 valence electrons. The topological polar surface area (TPSA) is 52.6 Å². The van der Waals surface area contributed by atoms with Crippen LogP contribution in [0.1, 0.15) is 78.6 Å². The lowest BCUT2D eigenvalue weighted by Crippen LogP contribution is -2.48. The lowest BCUT2D eigenvalue weighted by molar-refractivity contribution is -0.179. The predicted molar refractivity (Wildman–Crippen MR) is 86.4 cm³/mol. The summed E-state index contributed by atoms with van der Waals surface area (Å²) in [5, 5.41) is 0. The molecule has 0 amide bonds. The summed E-state index contributed by atoms with van der Waals surface area (Å²) in [5.41, 5.74) is -1.08. The van der Waals surface area contributed by atoms with Crippen molar-refractivity contribution < 1.29 is 19.1 Å². The fraction of sp³-hybridized carbons (Fsp3) is 0.889. The van der Waals surface area contributed by atoms with E-state index in [4.69, 9.17) is 9.47 Å². The maximum atomic E-state index is 12.8. The normalized spacial score (nSPS) is 16.3. The third-order valence-corrected chi connectivity index (χ3v) is 4.76. The van der Waals surface area contributed by atoms with Gasteiger partial charge >= 0.3 is 11.9 Å². The average molecular weight is 312 g/mol. The lowest BCUT2D eigenvalue weighted by Gasteiger charge is -2.38. The summed E-state index contributed by atoms with van der Waals surface area (Å²) in [6.07, 6.45) is 8.70. The first-order valence-electron chi connectivity index (χ1n) is 8.97. The van der Waals surface area contributed by atoms with E-state index in [2.05, 4.69) is 6.92 Å². The van der Waals surface area contributed by atoms with Gasteiger partial charge in [0.1, 0.15) is 0 Å². The van der Waals surface area contributed by atoms with E-state index in [1.54, 1.807) is 13.8 Å². The van der Waals surface area contributed by atoms with Crippen molar-refractivity contribution in [3.63, 3.8) is 0 Å². The highest BCUT2D eigenvalue weighted by Gasteiger charge is 2.53. The first kappa shape index (κ1) is 19.0. The first-order valence-corrected chi connectivity index (χ1v) is 8.97. The van der Waals surface area contributed by atoms with E-state index in [9.17, 15) is 9.59 Å². The fourth-order valence-electron chi connectivity index (χ4n) is 3.59. The zero-order valence-electron chi connectivity index (χ0n) is 14.5. The Bertz CT molecular complexity index is 327. The molecule has 0 heterocycles. The Morgan fingerprint density at radius 2 is 1.45 bits per heavy atom. The summed E-state index contributed by atoms with van der Waals surface area (Å²) in [4.78, 5) is 25.5. The van der Waals surface area contributed by atoms with Gasteiger partial charge in [-0.1, -0.05) is 45.4 Å². The highest BCUT2D eigenvalue weighted by atomic mass is 16.6. The van der Waals surface area contributed by atoms with Crippen LogP contribution in [0.25, 0.3) is 0 Å². The van der Waals surface area contributed by atoms with E-state index >= 15 is 0 Å². The second kappa shape index (κ2) is 9.86. The Morgan fingerprint density at radius 1 is 0.909 bits per heavy atom. The van der Waals surface area contributed by atoms with Crippen LogP contribution in [0.2, 0.25) is 0 Å². The van der Waals surface area contributed by atoms with Gasteiger partial charge in [0.05, 0.1) is 13.2 Å². The Kier molecular flexibility index (Phi) is 8.51. The van der Waals surface area contributed by atoms with Crippen LogP contribution in [0.5, 0.6) is 0 Å². The predicted octanol–water partition coefficient (Wildman–Crippen LogP) is 4.26. The van der Waals surface area contributed by atoms with Crippen molar-refractivity contribution in [1.29, 1.82) is 0 Å². The number of carbonyl (C=O) groups excluding carboxylic acids is 2. The van der Waals surface area contributed by atoms with Crippen LogP contribution in [-0.4, -0.2) is 25.2 Å². The van der Waals surface area contributed by atoms with Crippen LogP contribution in [0.3, 0.4) is 0 Å². The summed E-state index contributed by atoms with van der Waals surface area (Å²) in [5.74, 6) is -0.663. The van der Waals surface area contributed by atoms with Crippen molar-refractivity contribution in [3.05, 3.63) is 0 Å². The molecule has 1 aliphatic rings. The molecule has 0 aromatic heterocycles. The molecule has 4 heteroatoms. The average Bonchev–Trinajstić information content (AvgIpc) is 2.53. The molecule has 22 heavy (non-hydrogen) atoms. The van der Waals surface area contributed by atoms with Gasteiger partial charge in [0.15, 0.2) is 5.41 Å². The van der Waals surface area contributed by atoms with Crippen molar-refractivity contribution in [3.8, 4) is 0 Å². The van der Waals surface area contributed by atoms with Gasteiger partial charge in [0, 0.05) is 0 Å². The van der Waals surface area contributed by atoms with Crippen LogP contribution in [0.15, 0.2) is 0 Å². The monoisotopic (exact) mass is 312 g/mol. The molecule has 0 spiro atoms. The molecule has 0 aliphatic heterocycles. The van der Waals surface area contributed by atoms with Crippen LogP contribution < -0.4 is 0 Å². The Morgan fingerprint density at radius 3 is 1.91 bits per heavy atom. The number of ether oxygens (including phenoxy) is 2. The summed E-state index contributed by atoms with van der Waals surface area (Å²) >= 11 is 0. The van der Waals surface area contributed by atoms with Crippen molar-refractivity contribution in [2.24, 2.45) is 11.3 Å². The number of esters is 2. The molecule has 0 unspecified atom stereocenters. The van der Waals surface area contributed by atoms with E-state index in [-0.39, 0.29) is 17.9 Å². The molecule has 1 rings (SSSR count). The van der Waals surface area contributed by atoms with Gasteiger partial charge in [-0.25, -0.2) is 0 Å². The summed E-state index contributed by atoms with van der Waals surface area (Å²) in [6, 6.07) is 0. The highest BCUT2D eigenvalue weighted by Crippen LogP contribution is 2.44. The third-order valence-electron chi connectivity index (χ3n) is 4.76. The molecule has 1 fully saturated rings. The summed E-state index contributed by atoms with van der Waals surface area (Å²) < 4.78 is 10.6. The van der Waals surface area contributed by atoms with Crippen LogP contribution in [0.4, 0.5) is 0 Å². The largest absolute Gasteiger partial charge is 0.465 e. The second-order valence-electron chi connectivity index (χ2n) is 6.20. The molecule has 1 saturated carbocycles. The smallest absolute Gasteiger partial charge is 0.323 e. The highest BCUT2D eigenvalue weighted by molar-refractivity contribution is 6.00. The minimum atomic E-state index is -1.08. The molecule has 1 aliphatic carbocycles. The maximum absolute atomic E-state index is 12.8. The molecule has 0 radical (unpaired) electrons. The molecule has 4 nitrogen and oxygen atoms in total. The minimum absolute atomic E-state index is 0.0659. The van der Waals surface area contributed by atoms with Gasteiger partial charge in [-0.15, -0.1) is 0 Å². The SMILES string of the molecule is CCCCCC(C(=O)OCC)(C(=O)OCC)C1CCCCC1. The second-order valence-corrected chi connectivity index (χ2v) is 6.20. The Balaban J connectivity index is 3.08. The van der Waals surface area contributed by atoms with Gasteiger partial charge in [-0.2, -0.15) is 0 Å². The van der Waals surface area contributed by atoms with E-state index in [1.807, 2.05) is 0 Å². The van der Waals surface area contributed by atoms with Crippen LogP contribution in [0, 0.1) is 11.3 Å². The van der Waals surface area contributed by atoms with E-state index in [0.717, 1.165) is 44.9 Å². The number of rotatable bonds is 9. The molecule has 0 aromatic carbocycles. The maximum Gasteiger partial charge on any atom is 0.323 e. The fourth-order valence-corrected chi connectivity index (χ4v) is 3.59. The summed E-state index contributed by atoms with van der Waals surface area (Å²) in [7, 11) is 0. The van der Waals surface area contributed by atoms with E-state index in [1.165, 1.54) is 6.42 Å². The van der Waals surface area contributed by atoms with Gasteiger partial charge < -0.3 is 9.47 Å².